The Morgan fingerprint density at radius 1 is 0.920 bits per heavy atom. The molecule has 0 fully saturated rings. The first-order chi connectivity index (χ1) is 11.0. The van der Waals surface area contributed by atoms with Crippen molar-refractivity contribution in [3.8, 4) is 0 Å². The fourth-order valence-corrected chi connectivity index (χ4v) is 1.48. The molecule has 0 rings (SSSR count). The predicted molar refractivity (Wildman–Crippen MR) is 66.3 cm³/mol. The van der Waals surface area contributed by atoms with E-state index in [-0.39, 0.29) is 0 Å². The highest BCUT2D eigenvalue weighted by Gasteiger charge is 2.40. The van der Waals surface area contributed by atoms with Crippen LogP contribution in [0, 0.1) is 0 Å². The molecule has 0 saturated carbocycles. The van der Waals surface area contributed by atoms with Crippen molar-refractivity contribution in [1.29, 1.82) is 0 Å². The minimum Gasteiger partial charge on any atom is -0.442 e. The Kier molecular flexibility index (Phi) is 7.75. The first-order valence-corrected chi connectivity index (χ1v) is 7.96. The zero-order chi connectivity index (χ0) is 20.1. The third kappa shape index (κ3) is 10.5. The Hall–Kier alpha value is -1.97. The summed E-state index contributed by atoms with van der Waals surface area (Å²) in [6.07, 6.45) is -14.6. The lowest BCUT2D eigenvalue weighted by Gasteiger charge is -2.19. The third-order valence-electron chi connectivity index (χ3n) is 1.97. The molecule has 0 radical (unpaired) electrons. The molecular formula is C8H8ClF6N3O6S. The van der Waals surface area contributed by atoms with Gasteiger partial charge < -0.3 is 15.4 Å². The van der Waals surface area contributed by atoms with Gasteiger partial charge in [-0.2, -0.15) is 34.8 Å². The lowest BCUT2D eigenvalue weighted by molar-refractivity contribution is -0.174. The predicted octanol–water partition coefficient (Wildman–Crippen LogP) is -0.0782. The van der Waals surface area contributed by atoms with Crippen LogP contribution in [-0.4, -0.2) is 57.9 Å². The van der Waals surface area contributed by atoms with Crippen LogP contribution in [0.25, 0.3) is 0 Å². The highest BCUT2D eigenvalue weighted by Crippen LogP contribution is 2.15. The fraction of sp³-hybridized carbons (Fsp3) is 0.625. The van der Waals surface area contributed by atoms with E-state index in [9.17, 15) is 49.1 Å². The molecule has 3 N–H and O–H groups in total. The van der Waals surface area contributed by atoms with Gasteiger partial charge in [-0.05, 0) is 0 Å². The van der Waals surface area contributed by atoms with Crippen LogP contribution in [0.5, 0.6) is 0 Å². The van der Waals surface area contributed by atoms with Crippen LogP contribution in [0.15, 0.2) is 0 Å². The molecule has 146 valence electrons. The summed E-state index contributed by atoms with van der Waals surface area (Å²) in [5.74, 6) is -5.04. The van der Waals surface area contributed by atoms with Crippen molar-refractivity contribution in [3.63, 3.8) is 0 Å². The van der Waals surface area contributed by atoms with Gasteiger partial charge in [-0.1, -0.05) is 0 Å². The van der Waals surface area contributed by atoms with E-state index < -0.39 is 58.7 Å². The highest BCUT2D eigenvalue weighted by molar-refractivity contribution is 8.12. The minimum absolute atomic E-state index is 0.992. The van der Waals surface area contributed by atoms with Crippen molar-refractivity contribution in [3.05, 3.63) is 0 Å². The number of rotatable bonds is 6. The number of alkyl halides is 6. The van der Waals surface area contributed by atoms with Gasteiger partial charge >= 0.3 is 39.5 Å². The average Bonchev–Trinajstić information content (AvgIpc) is 2.36. The molecule has 0 aromatic rings. The van der Waals surface area contributed by atoms with Gasteiger partial charge in [0.15, 0.2) is 0 Å². The van der Waals surface area contributed by atoms with E-state index in [4.69, 9.17) is 0 Å². The van der Waals surface area contributed by atoms with Crippen LogP contribution < -0.4 is 15.4 Å². The molecule has 17 heteroatoms. The molecule has 0 bridgehead atoms. The maximum Gasteiger partial charge on any atom is 0.471 e. The van der Waals surface area contributed by atoms with Crippen molar-refractivity contribution in [2.45, 2.75) is 18.5 Å². The van der Waals surface area contributed by atoms with Gasteiger partial charge in [0.2, 0.25) is 0 Å². The number of amides is 3. The van der Waals surface area contributed by atoms with Gasteiger partial charge in [-0.15, -0.1) is 0 Å². The van der Waals surface area contributed by atoms with Crippen LogP contribution in [0.2, 0.25) is 0 Å². The zero-order valence-electron chi connectivity index (χ0n) is 11.5. The second-order valence-electron chi connectivity index (χ2n) is 3.98. The molecule has 0 aliphatic heterocycles. The van der Waals surface area contributed by atoms with Crippen LogP contribution in [0.4, 0.5) is 31.1 Å². The van der Waals surface area contributed by atoms with E-state index in [1.807, 2.05) is 0 Å². The summed E-state index contributed by atoms with van der Waals surface area (Å²) in [6, 6.07) is 0. The second kappa shape index (κ2) is 8.41. The van der Waals surface area contributed by atoms with Crippen molar-refractivity contribution in [2.75, 3.05) is 13.1 Å². The van der Waals surface area contributed by atoms with Crippen LogP contribution in [0.1, 0.15) is 0 Å². The number of nitrogens with one attached hydrogen (secondary N) is 3. The average molecular weight is 424 g/mol. The van der Waals surface area contributed by atoms with Crippen LogP contribution >= 0.6 is 10.7 Å². The Morgan fingerprint density at radius 3 is 1.56 bits per heavy atom. The maximum absolute atomic E-state index is 12.0. The highest BCUT2D eigenvalue weighted by atomic mass is 35.7. The summed E-state index contributed by atoms with van der Waals surface area (Å²) in [4.78, 5) is 32.3. The third-order valence-corrected chi connectivity index (χ3v) is 2.62. The number of carbonyl (C=O) groups excluding carboxylic acids is 3. The normalized spacial score (nSPS) is 12.5. The van der Waals surface area contributed by atoms with Gasteiger partial charge in [0.25, 0.3) is 0 Å². The van der Waals surface area contributed by atoms with E-state index >= 15 is 0 Å². The van der Waals surface area contributed by atoms with Gasteiger partial charge in [0.1, 0.15) is 6.10 Å². The molecule has 0 aromatic carbocycles. The first kappa shape index (κ1) is 23.0. The van der Waals surface area contributed by atoms with E-state index in [1.165, 1.54) is 10.6 Å². The Bertz CT molecular complexity index is 591. The quantitative estimate of drug-likeness (QED) is 0.405. The fourth-order valence-electron chi connectivity index (χ4n) is 1.04. The van der Waals surface area contributed by atoms with E-state index in [0.717, 1.165) is 4.72 Å². The van der Waals surface area contributed by atoms with Gasteiger partial charge in [-0.3, -0.25) is 9.59 Å². The Balaban J connectivity index is 4.90. The molecule has 0 aliphatic carbocycles. The van der Waals surface area contributed by atoms with Crippen LogP contribution in [0.3, 0.4) is 0 Å². The molecule has 0 spiro atoms. The lowest BCUT2D eigenvalue weighted by atomic mass is 10.3. The molecule has 0 aliphatic rings. The molecule has 9 nitrogen and oxygen atoms in total. The Morgan fingerprint density at radius 2 is 1.28 bits per heavy atom. The number of halogens is 7. The van der Waals surface area contributed by atoms with Crippen molar-refractivity contribution in [1.82, 2.24) is 15.4 Å². The molecule has 0 unspecified atom stereocenters. The van der Waals surface area contributed by atoms with Gasteiger partial charge in [-0.25, -0.2) is 9.52 Å². The van der Waals surface area contributed by atoms with Gasteiger partial charge in [0.05, 0.1) is 13.1 Å². The van der Waals surface area contributed by atoms with E-state index in [0.29, 0.717) is 0 Å². The minimum atomic E-state index is -5.35. The van der Waals surface area contributed by atoms with Crippen molar-refractivity contribution >= 4 is 37.8 Å². The molecular weight excluding hydrogens is 416 g/mol. The molecule has 0 heterocycles. The smallest absolute Gasteiger partial charge is 0.442 e. The molecule has 25 heavy (non-hydrogen) atoms. The number of carbonyl (C=O) groups is 3. The summed E-state index contributed by atoms with van der Waals surface area (Å²) in [5.41, 5.74) is 0. The van der Waals surface area contributed by atoms with E-state index in [2.05, 4.69) is 15.4 Å². The molecule has 0 saturated heterocycles. The largest absolute Gasteiger partial charge is 0.471 e. The zero-order valence-corrected chi connectivity index (χ0v) is 13.1. The van der Waals surface area contributed by atoms with Crippen molar-refractivity contribution < 1.29 is 53.9 Å². The summed E-state index contributed by atoms with van der Waals surface area (Å²) < 4.78 is 98.3. The van der Waals surface area contributed by atoms with E-state index in [1.54, 1.807) is 0 Å². The lowest BCUT2D eigenvalue weighted by Crippen LogP contribution is -2.48. The molecule has 0 aromatic heterocycles. The first-order valence-electron chi connectivity index (χ1n) is 5.65. The SMILES string of the molecule is O=C(NS(=O)(=O)Cl)OC(CNC(=O)C(F)(F)F)CNC(=O)C(F)(F)F. The summed E-state index contributed by atoms with van der Waals surface area (Å²) >= 11 is 0. The summed E-state index contributed by atoms with van der Waals surface area (Å²) in [7, 11) is -0.0555. The number of hydrogen-bond donors (Lipinski definition) is 3. The number of hydrogen-bond acceptors (Lipinski definition) is 6. The molecule has 0 atom stereocenters. The van der Waals surface area contributed by atoms with Crippen molar-refractivity contribution in [2.24, 2.45) is 0 Å². The molecule has 3 amide bonds. The summed E-state index contributed by atoms with van der Waals surface area (Å²) in [6.45, 7) is -2.40. The summed E-state index contributed by atoms with van der Waals surface area (Å²) in [5, 5.41) is 2.34. The van der Waals surface area contributed by atoms with Crippen LogP contribution in [-0.2, 0) is 23.6 Å². The van der Waals surface area contributed by atoms with Gasteiger partial charge in [0, 0.05) is 10.7 Å². The topological polar surface area (TPSA) is 131 Å². The Labute approximate surface area is 139 Å². The standard InChI is InChI=1S/C8H8ClF6N3O6S/c9-25(22,23)18-6(21)24-3(1-16-4(19)7(10,11)12)2-17-5(20)8(13,14)15/h3H,1-2H2,(H,16,19)(H,17,20)(H,18,21). The monoisotopic (exact) mass is 423 g/mol. The second-order valence-corrected chi connectivity index (χ2v) is 6.28. The maximum atomic E-state index is 12.0. The number of ether oxygens (including phenoxy) is 1.